The van der Waals surface area contributed by atoms with Gasteiger partial charge in [-0.25, -0.2) is 4.39 Å². The highest BCUT2D eigenvalue weighted by atomic mass is 19.1. The molecule has 2 rings (SSSR count). The second-order valence-electron chi connectivity index (χ2n) is 6.16. The number of nitrogens with two attached hydrogens (primary N) is 1. The van der Waals surface area contributed by atoms with Gasteiger partial charge in [0.1, 0.15) is 5.82 Å². The van der Waals surface area contributed by atoms with Gasteiger partial charge in [0, 0.05) is 5.54 Å². The molecule has 1 atom stereocenters. The van der Waals surface area contributed by atoms with Crippen molar-refractivity contribution in [3.05, 3.63) is 35.1 Å². The lowest BCUT2D eigenvalue weighted by Gasteiger charge is -2.48. The molecule has 1 aromatic rings. The molecule has 0 amide bonds. The van der Waals surface area contributed by atoms with E-state index in [9.17, 15) is 4.39 Å². The third kappa shape index (κ3) is 2.73. The summed E-state index contributed by atoms with van der Waals surface area (Å²) in [5, 5.41) is 0. The zero-order valence-electron chi connectivity index (χ0n) is 12.7. The molecule has 1 unspecified atom stereocenters. The molecule has 20 heavy (non-hydrogen) atoms. The Labute approximate surface area is 121 Å². The lowest BCUT2D eigenvalue weighted by molar-refractivity contribution is 0.0561. The van der Waals surface area contributed by atoms with E-state index in [2.05, 4.69) is 24.4 Å². The molecule has 112 valence electrons. The fraction of sp³-hybridized carbons (Fsp3) is 0.625. The van der Waals surface area contributed by atoms with Crippen molar-refractivity contribution in [1.82, 2.24) is 10.3 Å². The van der Waals surface area contributed by atoms with Crippen LogP contribution in [0.25, 0.3) is 0 Å². The van der Waals surface area contributed by atoms with Gasteiger partial charge in [-0.1, -0.05) is 25.3 Å². The molecule has 0 radical (unpaired) electrons. The summed E-state index contributed by atoms with van der Waals surface area (Å²) in [5.74, 6) is 5.70. The van der Waals surface area contributed by atoms with Crippen molar-refractivity contribution >= 4 is 0 Å². The second kappa shape index (κ2) is 6.20. The van der Waals surface area contributed by atoms with Crippen molar-refractivity contribution in [2.75, 3.05) is 14.1 Å². The summed E-state index contributed by atoms with van der Waals surface area (Å²) in [6.45, 7) is 1.95. The second-order valence-corrected chi connectivity index (χ2v) is 6.16. The number of aryl methyl sites for hydroxylation is 1. The predicted octanol–water partition coefficient (Wildman–Crippen LogP) is 2.90. The van der Waals surface area contributed by atoms with Gasteiger partial charge in [-0.2, -0.15) is 0 Å². The minimum absolute atomic E-state index is 0.00951. The minimum atomic E-state index is -0.190. The number of nitrogens with zero attached hydrogens (tertiary/aromatic N) is 1. The number of hydrogen-bond acceptors (Lipinski definition) is 3. The van der Waals surface area contributed by atoms with Crippen molar-refractivity contribution in [3.63, 3.8) is 0 Å². The van der Waals surface area contributed by atoms with Gasteiger partial charge >= 0.3 is 0 Å². The van der Waals surface area contributed by atoms with Crippen LogP contribution in [0.2, 0.25) is 0 Å². The number of hydrogen-bond donors (Lipinski definition) is 2. The van der Waals surface area contributed by atoms with E-state index < -0.39 is 0 Å². The van der Waals surface area contributed by atoms with E-state index in [1.54, 1.807) is 6.07 Å². The van der Waals surface area contributed by atoms with Crippen LogP contribution in [0.3, 0.4) is 0 Å². The fourth-order valence-corrected chi connectivity index (χ4v) is 3.66. The summed E-state index contributed by atoms with van der Waals surface area (Å²) < 4.78 is 13.3. The van der Waals surface area contributed by atoms with Crippen molar-refractivity contribution in [3.8, 4) is 0 Å². The van der Waals surface area contributed by atoms with E-state index in [-0.39, 0.29) is 17.4 Å². The Morgan fingerprint density at radius 3 is 2.40 bits per heavy atom. The quantitative estimate of drug-likeness (QED) is 0.658. The van der Waals surface area contributed by atoms with Gasteiger partial charge in [-0.3, -0.25) is 11.3 Å². The summed E-state index contributed by atoms with van der Waals surface area (Å²) in [7, 11) is 4.24. The number of nitrogens with one attached hydrogen (secondary N) is 1. The SMILES string of the molecule is Cc1cc(F)ccc1C(NN)C1(N(C)C)CCCCC1. The molecule has 0 heterocycles. The zero-order valence-corrected chi connectivity index (χ0v) is 12.7. The topological polar surface area (TPSA) is 41.3 Å². The molecule has 1 aliphatic rings. The molecular weight excluding hydrogens is 253 g/mol. The number of rotatable bonds is 4. The van der Waals surface area contributed by atoms with Crippen LogP contribution < -0.4 is 11.3 Å². The molecule has 0 spiro atoms. The molecule has 0 aliphatic heterocycles. The number of hydrazine groups is 1. The highest BCUT2D eigenvalue weighted by Crippen LogP contribution is 2.42. The van der Waals surface area contributed by atoms with E-state index in [1.165, 1.54) is 25.3 Å². The Bertz CT molecular complexity index is 453. The Morgan fingerprint density at radius 2 is 1.90 bits per heavy atom. The number of benzene rings is 1. The van der Waals surface area contributed by atoms with Crippen LogP contribution in [0, 0.1) is 12.7 Å². The van der Waals surface area contributed by atoms with Crippen molar-refractivity contribution in [2.45, 2.75) is 50.6 Å². The fourth-order valence-electron chi connectivity index (χ4n) is 3.66. The van der Waals surface area contributed by atoms with Crippen LogP contribution in [-0.2, 0) is 0 Å². The molecule has 0 bridgehead atoms. The van der Waals surface area contributed by atoms with Gasteiger partial charge in [0.15, 0.2) is 0 Å². The predicted molar refractivity (Wildman–Crippen MR) is 80.7 cm³/mol. The summed E-state index contributed by atoms with van der Waals surface area (Å²) in [6, 6.07) is 5.01. The largest absolute Gasteiger partial charge is 0.302 e. The first-order valence-corrected chi connectivity index (χ1v) is 7.41. The van der Waals surface area contributed by atoms with Gasteiger partial charge in [0.2, 0.25) is 0 Å². The van der Waals surface area contributed by atoms with Gasteiger partial charge in [0.05, 0.1) is 6.04 Å². The normalized spacial score (nSPS) is 20.1. The molecule has 1 aliphatic carbocycles. The average Bonchev–Trinajstić information content (AvgIpc) is 2.43. The summed E-state index contributed by atoms with van der Waals surface area (Å²) in [5.41, 5.74) is 5.08. The highest BCUT2D eigenvalue weighted by Gasteiger charge is 2.42. The van der Waals surface area contributed by atoms with Crippen LogP contribution in [0.1, 0.15) is 49.3 Å². The summed E-state index contributed by atoms with van der Waals surface area (Å²) in [4.78, 5) is 2.29. The van der Waals surface area contributed by atoms with Crippen molar-refractivity contribution in [2.24, 2.45) is 5.84 Å². The van der Waals surface area contributed by atoms with Gasteiger partial charge in [0.25, 0.3) is 0 Å². The lowest BCUT2D eigenvalue weighted by Crippen LogP contribution is -2.56. The molecular formula is C16H26FN3. The zero-order chi connectivity index (χ0) is 14.8. The minimum Gasteiger partial charge on any atom is -0.302 e. The molecule has 3 nitrogen and oxygen atoms in total. The van der Waals surface area contributed by atoms with Gasteiger partial charge in [-0.05, 0) is 57.1 Å². The third-order valence-electron chi connectivity index (χ3n) is 4.86. The highest BCUT2D eigenvalue weighted by molar-refractivity contribution is 5.32. The molecule has 1 saturated carbocycles. The molecule has 4 heteroatoms. The molecule has 1 fully saturated rings. The first-order chi connectivity index (χ1) is 9.51. The Morgan fingerprint density at radius 1 is 1.25 bits per heavy atom. The van der Waals surface area contributed by atoms with Crippen molar-refractivity contribution < 1.29 is 4.39 Å². The maximum absolute atomic E-state index is 13.3. The van der Waals surface area contributed by atoms with Crippen LogP contribution in [0.5, 0.6) is 0 Å². The van der Waals surface area contributed by atoms with Crippen molar-refractivity contribution in [1.29, 1.82) is 0 Å². The number of halogens is 1. The maximum atomic E-state index is 13.3. The maximum Gasteiger partial charge on any atom is 0.123 e. The smallest absolute Gasteiger partial charge is 0.123 e. The van der Waals surface area contributed by atoms with E-state index in [0.29, 0.717) is 0 Å². The van der Waals surface area contributed by atoms with Crippen LogP contribution in [0.4, 0.5) is 4.39 Å². The Kier molecular flexibility index (Phi) is 4.78. The van der Waals surface area contributed by atoms with Crippen LogP contribution in [-0.4, -0.2) is 24.5 Å². The first-order valence-electron chi connectivity index (χ1n) is 7.41. The summed E-state index contributed by atoms with van der Waals surface area (Å²) >= 11 is 0. The van der Waals surface area contributed by atoms with E-state index in [4.69, 9.17) is 5.84 Å². The standard InChI is InChI=1S/C16H26FN3/c1-12-11-13(17)7-8-14(12)15(19-18)16(20(2)3)9-5-4-6-10-16/h7-8,11,15,19H,4-6,9-10,18H2,1-3H3. The van der Waals surface area contributed by atoms with Crippen LogP contribution >= 0.6 is 0 Å². The third-order valence-corrected chi connectivity index (χ3v) is 4.86. The molecule has 0 saturated heterocycles. The Hall–Kier alpha value is -0.970. The monoisotopic (exact) mass is 279 g/mol. The van der Waals surface area contributed by atoms with E-state index >= 15 is 0 Å². The van der Waals surface area contributed by atoms with E-state index in [0.717, 1.165) is 24.0 Å². The van der Waals surface area contributed by atoms with Gasteiger partial charge in [-0.15, -0.1) is 0 Å². The summed E-state index contributed by atoms with van der Waals surface area (Å²) in [6.07, 6.45) is 5.96. The molecule has 3 N–H and O–H groups in total. The average molecular weight is 279 g/mol. The lowest BCUT2D eigenvalue weighted by atomic mass is 9.72. The molecule has 1 aromatic carbocycles. The first kappa shape index (κ1) is 15.4. The number of likely N-dealkylation sites (N-methyl/N-ethyl adjacent to an activating group) is 1. The van der Waals surface area contributed by atoms with Crippen LogP contribution in [0.15, 0.2) is 18.2 Å². The van der Waals surface area contributed by atoms with Gasteiger partial charge < -0.3 is 4.90 Å². The Balaban J connectivity index is 2.42. The molecule has 0 aromatic heterocycles. The van der Waals surface area contributed by atoms with E-state index in [1.807, 2.05) is 13.0 Å².